The molecule has 2 saturated carbocycles. The van der Waals surface area contributed by atoms with E-state index in [9.17, 15) is 0 Å². The number of hydrogen-bond acceptors (Lipinski definition) is 2. The molecule has 0 aromatic rings. The highest BCUT2D eigenvalue weighted by atomic mass is 16.5. The second-order valence-electron chi connectivity index (χ2n) is 5.59. The van der Waals surface area contributed by atoms with Gasteiger partial charge in [0.15, 0.2) is 0 Å². The second-order valence-corrected chi connectivity index (χ2v) is 5.59. The molecular formula is C13H25NO. The smallest absolute Gasteiger partial charge is 0.0618 e. The van der Waals surface area contributed by atoms with Crippen molar-refractivity contribution in [1.82, 2.24) is 5.32 Å². The molecule has 88 valence electrons. The van der Waals surface area contributed by atoms with Gasteiger partial charge in [0.25, 0.3) is 0 Å². The van der Waals surface area contributed by atoms with E-state index >= 15 is 0 Å². The molecule has 2 nitrogen and oxygen atoms in total. The molecule has 15 heavy (non-hydrogen) atoms. The third kappa shape index (κ3) is 3.46. The standard InChI is InChI=1S/C13H25NO/c1-10-3-4-11(7-10)8-14-13(9-15-2)12-5-6-12/h10-14H,3-9H2,1-2H3. The van der Waals surface area contributed by atoms with E-state index in [0.29, 0.717) is 6.04 Å². The first kappa shape index (κ1) is 11.4. The summed E-state index contributed by atoms with van der Waals surface area (Å²) in [6, 6.07) is 0.630. The zero-order valence-electron chi connectivity index (χ0n) is 10.2. The maximum atomic E-state index is 5.28. The van der Waals surface area contributed by atoms with Crippen molar-refractivity contribution in [2.24, 2.45) is 17.8 Å². The Bertz CT molecular complexity index is 191. The third-order valence-electron chi connectivity index (χ3n) is 4.01. The fraction of sp³-hybridized carbons (Fsp3) is 1.00. The number of rotatable bonds is 6. The maximum Gasteiger partial charge on any atom is 0.0618 e. The Morgan fingerprint density at radius 1 is 1.27 bits per heavy atom. The van der Waals surface area contributed by atoms with Gasteiger partial charge in [0.05, 0.1) is 6.61 Å². The molecule has 2 rings (SSSR count). The monoisotopic (exact) mass is 211 g/mol. The van der Waals surface area contributed by atoms with Gasteiger partial charge in [-0.3, -0.25) is 0 Å². The lowest BCUT2D eigenvalue weighted by Crippen LogP contribution is -2.37. The predicted octanol–water partition coefficient (Wildman–Crippen LogP) is 2.44. The van der Waals surface area contributed by atoms with Gasteiger partial charge in [0, 0.05) is 13.2 Å². The third-order valence-corrected chi connectivity index (χ3v) is 4.01. The first-order valence-electron chi connectivity index (χ1n) is 6.52. The molecule has 0 amide bonds. The minimum atomic E-state index is 0.630. The summed E-state index contributed by atoms with van der Waals surface area (Å²) >= 11 is 0. The van der Waals surface area contributed by atoms with Crippen LogP contribution in [0.5, 0.6) is 0 Å². The van der Waals surface area contributed by atoms with E-state index in [1.54, 1.807) is 0 Å². The number of hydrogen-bond donors (Lipinski definition) is 1. The zero-order valence-corrected chi connectivity index (χ0v) is 10.2. The van der Waals surface area contributed by atoms with Crippen LogP contribution in [0.1, 0.15) is 39.0 Å². The highest BCUT2D eigenvalue weighted by Crippen LogP contribution is 2.34. The van der Waals surface area contributed by atoms with E-state index in [1.807, 2.05) is 7.11 Å². The Kier molecular flexibility index (Phi) is 4.04. The second kappa shape index (κ2) is 5.31. The lowest BCUT2D eigenvalue weighted by atomic mass is 10.1. The first-order valence-corrected chi connectivity index (χ1v) is 6.52. The van der Waals surface area contributed by atoms with E-state index in [-0.39, 0.29) is 0 Å². The van der Waals surface area contributed by atoms with E-state index in [1.165, 1.54) is 38.6 Å². The zero-order chi connectivity index (χ0) is 10.7. The van der Waals surface area contributed by atoms with Crippen LogP contribution in [0, 0.1) is 17.8 Å². The summed E-state index contributed by atoms with van der Waals surface area (Å²) in [4.78, 5) is 0. The summed E-state index contributed by atoms with van der Waals surface area (Å²) in [6.45, 7) is 4.50. The SMILES string of the molecule is COCC(NCC1CCC(C)C1)C1CC1. The minimum absolute atomic E-state index is 0.630. The minimum Gasteiger partial charge on any atom is -0.383 e. The molecular weight excluding hydrogens is 186 g/mol. The fourth-order valence-electron chi connectivity index (χ4n) is 2.87. The molecule has 2 aliphatic rings. The van der Waals surface area contributed by atoms with Gasteiger partial charge in [-0.15, -0.1) is 0 Å². The van der Waals surface area contributed by atoms with Crippen LogP contribution in [0.15, 0.2) is 0 Å². The quantitative estimate of drug-likeness (QED) is 0.728. The van der Waals surface area contributed by atoms with Crippen molar-refractivity contribution in [3.63, 3.8) is 0 Å². The van der Waals surface area contributed by atoms with E-state index in [0.717, 1.165) is 24.4 Å². The van der Waals surface area contributed by atoms with Crippen molar-refractivity contribution in [3.05, 3.63) is 0 Å². The van der Waals surface area contributed by atoms with Gasteiger partial charge in [-0.1, -0.05) is 13.3 Å². The van der Waals surface area contributed by atoms with Gasteiger partial charge in [-0.25, -0.2) is 0 Å². The molecule has 3 atom stereocenters. The van der Waals surface area contributed by atoms with Crippen molar-refractivity contribution in [2.45, 2.75) is 45.1 Å². The molecule has 2 fully saturated rings. The summed E-state index contributed by atoms with van der Waals surface area (Å²) < 4.78 is 5.28. The van der Waals surface area contributed by atoms with Gasteiger partial charge in [0.2, 0.25) is 0 Å². The summed E-state index contributed by atoms with van der Waals surface area (Å²) in [5.41, 5.74) is 0. The number of methoxy groups -OCH3 is 1. The van der Waals surface area contributed by atoms with Crippen molar-refractivity contribution in [1.29, 1.82) is 0 Å². The van der Waals surface area contributed by atoms with Crippen LogP contribution in [0.4, 0.5) is 0 Å². The first-order chi connectivity index (χ1) is 7.29. The van der Waals surface area contributed by atoms with Crippen LogP contribution in [0.3, 0.4) is 0 Å². The van der Waals surface area contributed by atoms with Crippen molar-refractivity contribution in [2.75, 3.05) is 20.3 Å². The molecule has 2 aliphatic carbocycles. The molecule has 0 aliphatic heterocycles. The van der Waals surface area contributed by atoms with Crippen LogP contribution in [0.25, 0.3) is 0 Å². The molecule has 0 spiro atoms. The molecule has 0 bridgehead atoms. The van der Waals surface area contributed by atoms with E-state index < -0.39 is 0 Å². The lowest BCUT2D eigenvalue weighted by Gasteiger charge is -2.20. The van der Waals surface area contributed by atoms with E-state index in [2.05, 4.69) is 12.2 Å². The lowest BCUT2D eigenvalue weighted by molar-refractivity contribution is 0.155. The summed E-state index contributed by atoms with van der Waals surface area (Å²) in [5.74, 6) is 2.79. The topological polar surface area (TPSA) is 21.3 Å². The van der Waals surface area contributed by atoms with Crippen LogP contribution < -0.4 is 5.32 Å². The molecule has 0 saturated heterocycles. The average Bonchev–Trinajstić information content (AvgIpc) is 2.97. The molecule has 0 aromatic heterocycles. The Labute approximate surface area is 93.8 Å². The van der Waals surface area contributed by atoms with Gasteiger partial charge >= 0.3 is 0 Å². The Morgan fingerprint density at radius 3 is 2.60 bits per heavy atom. The molecule has 0 heterocycles. The average molecular weight is 211 g/mol. The highest BCUT2D eigenvalue weighted by Gasteiger charge is 2.31. The van der Waals surface area contributed by atoms with Gasteiger partial charge in [-0.2, -0.15) is 0 Å². The van der Waals surface area contributed by atoms with Crippen LogP contribution >= 0.6 is 0 Å². The number of nitrogens with one attached hydrogen (secondary N) is 1. The highest BCUT2D eigenvalue weighted by molar-refractivity contribution is 4.87. The molecule has 2 heteroatoms. The van der Waals surface area contributed by atoms with Crippen LogP contribution in [0.2, 0.25) is 0 Å². The van der Waals surface area contributed by atoms with Crippen LogP contribution in [-0.4, -0.2) is 26.3 Å². The largest absolute Gasteiger partial charge is 0.383 e. The van der Waals surface area contributed by atoms with Gasteiger partial charge in [0.1, 0.15) is 0 Å². The molecule has 0 radical (unpaired) electrons. The van der Waals surface area contributed by atoms with E-state index in [4.69, 9.17) is 4.74 Å². The fourth-order valence-corrected chi connectivity index (χ4v) is 2.87. The summed E-state index contributed by atoms with van der Waals surface area (Å²) in [5, 5.41) is 3.72. The summed E-state index contributed by atoms with van der Waals surface area (Å²) in [7, 11) is 1.81. The molecule has 1 N–H and O–H groups in total. The summed E-state index contributed by atoms with van der Waals surface area (Å²) in [6.07, 6.45) is 7.10. The van der Waals surface area contributed by atoms with Crippen molar-refractivity contribution in [3.8, 4) is 0 Å². The Balaban J connectivity index is 1.66. The van der Waals surface area contributed by atoms with Gasteiger partial charge < -0.3 is 10.1 Å². The van der Waals surface area contributed by atoms with Crippen LogP contribution in [-0.2, 0) is 4.74 Å². The van der Waals surface area contributed by atoms with Gasteiger partial charge in [-0.05, 0) is 50.0 Å². The Hall–Kier alpha value is -0.0800. The normalized spacial score (nSPS) is 33.2. The van der Waals surface area contributed by atoms with Crippen molar-refractivity contribution >= 4 is 0 Å². The molecule has 3 unspecified atom stereocenters. The Morgan fingerprint density at radius 2 is 2.07 bits per heavy atom. The van der Waals surface area contributed by atoms with Crippen molar-refractivity contribution < 1.29 is 4.74 Å². The predicted molar refractivity (Wildman–Crippen MR) is 62.9 cm³/mol. The molecule has 0 aromatic carbocycles. The number of ether oxygens (including phenoxy) is 1. The maximum absolute atomic E-state index is 5.28.